The van der Waals surface area contributed by atoms with Gasteiger partial charge in [-0.2, -0.15) is 0 Å². The Morgan fingerprint density at radius 2 is 1.71 bits per heavy atom. The average molecular weight is 245 g/mol. The van der Waals surface area contributed by atoms with Gasteiger partial charge in [0.1, 0.15) is 0 Å². The van der Waals surface area contributed by atoms with E-state index in [0.717, 1.165) is 17.9 Å². The highest BCUT2D eigenvalue weighted by Gasteiger charge is 2.01. The van der Waals surface area contributed by atoms with Crippen LogP contribution < -0.4 is 0 Å². The second kappa shape index (κ2) is 5.88. The second-order valence-corrected chi connectivity index (χ2v) is 4.75. The van der Waals surface area contributed by atoms with E-state index in [2.05, 4.69) is 37.3 Å². The monoisotopic (exact) mass is 244 g/mol. The molecular weight excluding hydrogens is 228 g/mol. The molecule has 0 nitrogen and oxygen atoms in total. The van der Waals surface area contributed by atoms with Crippen LogP contribution in [0.1, 0.15) is 30.0 Å². The third-order valence-corrected chi connectivity index (χ3v) is 3.25. The van der Waals surface area contributed by atoms with Crippen LogP contribution in [-0.2, 0) is 12.8 Å². The zero-order chi connectivity index (χ0) is 12.1. The minimum absolute atomic E-state index is 0.855. The van der Waals surface area contributed by atoms with Gasteiger partial charge in [-0.05, 0) is 35.6 Å². The van der Waals surface area contributed by atoms with E-state index >= 15 is 0 Å². The number of hydrogen-bond acceptors (Lipinski definition) is 0. The van der Waals surface area contributed by atoms with Gasteiger partial charge in [0.05, 0.1) is 0 Å². The molecule has 0 radical (unpaired) electrons. The number of halogens is 1. The van der Waals surface area contributed by atoms with Gasteiger partial charge >= 0.3 is 0 Å². The molecule has 2 aromatic carbocycles. The maximum atomic E-state index is 6.18. The van der Waals surface area contributed by atoms with Crippen molar-refractivity contribution in [3.05, 3.63) is 70.2 Å². The normalized spacial score (nSPS) is 10.5. The Labute approximate surface area is 108 Å². The zero-order valence-electron chi connectivity index (χ0n) is 10.1. The molecule has 17 heavy (non-hydrogen) atoms. The summed E-state index contributed by atoms with van der Waals surface area (Å²) in [5, 5.41) is 0.855. The first kappa shape index (κ1) is 12.2. The van der Waals surface area contributed by atoms with Gasteiger partial charge in [0.25, 0.3) is 0 Å². The van der Waals surface area contributed by atoms with Crippen molar-refractivity contribution in [2.75, 3.05) is 0 Å². The summed E-state index contributed by atoms with van der Waals surface area (Å²) in [5.74, 6) is 0. The van der Waals surface area contributed by atoms with Crippen molar-refractivity contribution < 1.29 is 0 Å². The first-order valence-corrected chi connectivity index (χ1v) is 6.48. The molecule has 0 fully saturated rings. The third-order valence-electron chi connectivity index (χ3n) is 2.88. The van der Waals surface area contributed by atoms with Gasteiger partial charge in [0, 0.05) is 5.02 Å². The molecule has 0 aliphatic carbocycles. The molecular formula is C16H17Cl. The van der Waals surface area contributed by atoms with Crippen LogP contribution in [0.4, 0.5) is 0 Å². The minimum atomic E-state index is 0.855. The standard InChI is InChI=1S/C16H17Cl/c1-2-6-13-7-5-8-14(11-13)12-15-9-3-4-10-16(15)17/h3-5,7-11H,2,6,12H2,1H3. The van der Waals surface area contributed by atoms with E-state index < -0.39 is 0 Å². The molecule has 0 bridgehead atoms. The number of aryl methyl sites for hydroxylation is 1. The summed E-state index contributed by atoms with van der Waals surface area (Å²) in [6.07, 6.45) is 3.25. The van der Waals surface area contributed by atoms with Crippen molar-refractivity contribution in [3.8, 4) is 0 Å². The fourth-order valence-electron chi connectivity index (χ4n) is 2.05. The number of hydrogen-bond donors (Lipinski definition) is 0. The van der Waals surface area contributed by atoms with Crippen LogP contribution in [0.15, 0.2) is 48.5 Å². The lowest BCUT2D eigenvalue weighted by molar-refractivity contribution is 0.918. The minimum Gasteiger partial charge on any atom is -0.0840 e. The molecule has 0 saturated heterocycles. The van der Waals surface area contributed by atoms with E-state index in [4.69, 9.17) is 11.6 Å². The number of benzene rings is 2. The predicted molar refractivity (Wildman–Crippen MR) is 74.7 cm³/mol. The molecule has 0 N–H and O–H groups in total. The van der Waals surface area contributed by atoms with E-state index in [1.807, 2.05) is 18.2 Å². The Bertz CT molecular complexity index is 488. The van der Waals surface area contributed by atoms with Gasteiger partial charge in [-0.3, -0.25) is 0 Å². The topological polar surface area (TPSA) is 0 Å². The van der Waals surface area contributed by atoms with E-state index in [1.54, 1.807) is 0 Å². The molecule has 0 heterocycles. The maximum absolute atomic E-state index is 6.18. The molecule has 0 aromatic heterocycles. The van der Waals surface area contributed by atoms with E-state index in [-0.39, 0.29) is 0 Å². The highest BCUT2D eigenvalue weighted by atomic mass is 35.5. The van der Waals surface area contributed by atoms with Crippen LogP contribution in [0, 0.1) is 0 Å². The fraction of sp³-hybridized carbons (Fsp3) is 0.250. The molecule has 2 rings (SSSR count). The molecule has 88 valence electrons. The Morgan fingerprint density at radius 1 is 0.941 bits per heavy atom. The predicted octanol–water partition coefficient (Wildman–Crippen LogP) is 4.88. The SMILES string of the molecule is CCCc1cccc(Cc2ccccc2Cl)c1. The molecule has 0 aliphatic heterocycles. The number of rotatable bonds is 4. The van der Waals surface area contributed by atoms with Crippen molar-refractivity contribution in [2.45, 2.75) is 26.2 Å². The van der Waals surface area contributed by atoms with Crippen LogP contribution in [0.2, 0.25) is 5.02 Å². The molecule has 0 spiro atoms. The Hall–Kier alpha value is -1.27. The van der Waals surface area contributed by atoms with Crippen molar-refractivity contribution in [3.63, 3.8) is 0 Å². The van der Waals surface area contributed by atoms with Crippen molar-refractivity contribution in [2.24, 2.45) is 0 Å². The molecule has 0 amide bonds. The van der Waals surface area contributed by atoms with Crippen LogP contribution in [0.25, 0.3) is 0 Å². The summed E-state index contributed by atoms with van der Waals surface area (Å²) in [6.45, 7) is 2.21. The molecule has 2 aromatic rings. The molecule has 0 saturated carbocycles. The maximum Gasteiger partial charge on any atom is 0.0441 e. The second-order valence-electron chi connectivity index (χ2n) is 4.34. The van der Waals surface area contributed by atoms with Gasteiger partial charge in [-0.15, -0.1) is 0 Å². The van der Waals surface area contributed by atoms with Gasteiger partial charge in [-0.1, -0.05) is 67.4 Å². The average Bonchev–Trinajstić information content (AvgIpc) is 2.33. The largest absolute Gasteiger partial charge is 0.0840 e. The van der Waals surface area contributed by atoms with Crippen LogP contribution in [0.5, 0.6) is 0 Å². The lowest BCUT2D eigenvalue weighted by Crippen LogP contribution is -1.91. The van der Waals surface area contributed by atoms with Crippen molar-refractivity contribution in [1.29, 1.82) is 0 Å². The van der Waals surface area contributed by atoms with Crippen molar-refractivity contribution in [1.82, 2.24) is 0 Å². The van der Waals surface area contributed by atoms with Crippen molar-refractivity contribution >= 4 is 11.6 Å². The van der Waals surface area contributed by atoms with Gasteiger partial charge in [-0.25, -0.2) is 0 Å². The first-order chi connectivity index (χ1) is 8.29. The van der Waals surface area contributed by atoms with Gasteiger partial charge in [0.15, 0.2) is 0 Å². The van der Waals surface area contributed by atoms with E-state index in [9.17, 15) is 0 Å². The lowest BCUT2D eigenvalue weighted by atomic mass is 10.0. The summed E-state index contributed by atoms with van der Waals surface area (Å²) in [7, 11) is 0. The summed E-state index contributed by atoms with van der Waals surface area (Å²) in [6, 6.07) is 16.8. The Kier molecular flexibility index (Phi) is 4.22. The summed E-state index contributed by atoms with van der Waals surface area (Å²) >= 11 is 6.18. The molecule has 1 heteroatoms. The quantitative estimate of drug-likeness (QED) is 0.719. The van der Waals surface area contributed by atoms with E-state index in [0.29, 0.717) is 0 Å². The van der Waals surface area contributed by atoms with E-state index in [1.165, 1.54) is 23.1 Å². The highest BCUT2D eigenvalue weighted by Crippen LogP contribution is 2.19. The zero-order valence-corrected chi connectivity index (χ0v) is 10.9. The Morgan fingerprint density at radius 3 is 2.47 bits per heavy atom. The van der Waals surface area contributed by atoms with Crippen LogP contribution in [0.3, 0.4) is 0 Å². The lowest BCUT2D eigenvalue weighted by Gasteiger charge is -2.06. The smallest absolute Gasteiger partial charge is 0.0441 e. The third kappa shape index (κ3) is 3.34. The highest BCUT2D eigenvalue weighted by molar-refractivity contribution is 6.31. The summed E-state index contributed by atoms with van der Waals surface area (Å²) in [4.78, 5) is 0. The van der Waals surface area contributed by atoms with Gasteiger partial charge in [0.2, 0.25) is 0 Å². The van der Waals surface area contributed by atoms with Gasteiger partial charge < -0.3 is 0 Å². The molecule has 0 aliphatic rings. The molecule has 0 unspecified atom stereocenters. The fourth-order valence-corrected chi connectivity index (χ4v) is 2.25. The summed E-state index contributed by atoms with van der Waals surface area (Å²) < 4.78 is 0. The first-order valence-electron chi connectivity index (χ1n) is 6.11. The summed E-state index contributed by atoms with van der Waals surface area (Å²) in [5.41, 5.74) is 3.95. The van der Waals surface area contributed by atoms with Crippen LogP contribution >= 0.6 is 11.6 Å². The van der Waals surface area contributed by atoms with Crippen LogP contribution in [-0.4, -0.2) is 0 Å². The molecule has 0 atom stereocenters. The Balaban J connectivity index is 2.18.